The molecular formula is C17H35NO2. The Morgan fingerprint density at radius 2 is 1.25 bits per heavy atom. The molecule has 0 rings (SSSR count). The summed E-state index contributed by atoms with van der Waals surface area (Å²) >= 11 is 0. The summed E-state index contributed by atoms with van der Waals surface area (Å²) in [6, 6.07) is 0.399. The molecule has 0 aromatic carbocycles. The van der Waals surface area contributed by atoms with Crippen LogP contribution in [-0.4, -0.2) is 28.2 Å². The number of nitrogens with zero attached hydrogens (tertiary/aromatic N) is 1. The van der Waals surface area contributed by atoms with Crippen molar-refractivity contribution in [1.29, 1.82) is 0 Å². The van der Waals surface area contributed by atoms with E-state index in [0.717, 1.165) is 38.5 Å². The molecule has 120 valence electrons. The second kappa shape index (κ2) is 12.0. The Kier molecular flexibility index (Phi) is 11.6. The van der Waals surface area contributed by atoms with Gasteiger partial charge in [0, 0.05) is 12.1 Å². The number of unbranched alkanes of at least 4 members (excludes halogenated alkanes) is 4. The first-order chi connectivity index (χ1) is 9.62. The van der Waals surface area contributed by atoms with Crippen molar-refractivity contribution in [3.05, 3.63) is 0 Å². The number of hydrogen-bond donors (Lipinski definition) is 1. The first-order valence-corrected chi connectivity index (χ1v) is 8.63. The number of carbonyl (C=O) groups is 1. The standard InChI is InChI=1S/C17H35NO2/c1-5-9-11-13-15(7-3)18(17(19)20)16(8-4)14-12-10-6-2/h15-16H,5-14H2,1-4H3,(H,19,20). The van der Waals surface area contributed by atoms with Gasteiger partial charge in [0.05, 0.1) is 0 Å². The number of rotatable bonds is 12. The van der Waals surface area contributed by atoms with Gasteiger partial charge in [-0.1, -0.05) is 66.2 Å². The maximum Gasteiger partial charge on any atom is 0.407 e. The third-order valence-electron chi connectivity index (χ3n) is 4.23. The minimum absolute atomic E-state index is 0.200. The highest BCUT2D eigenvalue weighted by Gasteiger charge is 2.27. The van der Waals surface area contributed by atoms with Crippen LogP contribution in [-0.2, 0) is 0 Å². The summed E-state index contributed by atoms with van der Waals surface area (Å²) in [6.07, 6.45) is 10.2. The SMILES string of the molecule is CCCCCC(CC)N(C(=O)O)C(CC)CCCCC. The van der Waals surface area contributed by atoms with E-state index in [0.29, 0.717) is 0 Å². The second-order valence-electron chi connectivity index (χ2n) is 5.81. The monoisotopic (exact) mass is 285 g/mol. The van der Waals surface area contributed by atoms with Crippen molar-refractivity contribution in [2.45, 2.75) is 104 Å². The lowest BCUT2D eigenvalue weighted by Gasteiger charge is -2.35. The van der Waals surface area contributed by atoms with E-state index in [4.69, 9.17) is 0 Å². The Morgan fingerprint density at radius 3 is 1.50 bits per heavy atom. The van der Waals surface area contributed by atoms with E-state index in [9.17, 15) is 9.90 Å². The molecule has 0 aliphatic rings. The Morgan fingerprint density at radius 1 is 0.850 bits per heavy atom. The molecule has 0 aromatic heterocycles. The molecule has 0 bridgehead atoms. The molecule has 0 saturated heterocycles. The van der Waals surface area contributed by atoms with Crippen LogP contribution in [0.15, 0.2) is 0 Å². The number of amides is 1. The van der Waals surface area contributed by atoms with Crippen LogP contribution in [0.1, 0.15) is 91.9 Å². The van der Waals surface area contributed by atoms with Gasteiger partial charge >= 0.3 is 6.09 Å². The lowest BCUT2D eigenvalue weighted by Crippen LogP contribution is -2.46. The maximum atomic E-state index is 11.7. The fourth-order valence-corrected chi connectivity index (χ4v) is 2.95. The fraction of sp³-hybridized carbons (Fsp3) is 0.941. The zero-order valence-corrected chi connectivity index (χ0v) is 14.0. The molecule has 0 spiro atoms. The topological polar surface area (TPSA) is 40.5 Å². The van der Waals surface area contributed by atoms with E-state index in [1.54, 1.807) is 4.90 Å². The van der Waals surface area contributed by atoms with E-state index in [2.05, 4.69) is 27.7 Å². The molecule has 0 fully saturated rings. The van der Waals surface area contributed by atoms with Gasteiger partial charge in [-0.2, -0.15) is 0 Å². The van der Waals surface area contributed by atoms with E-state index >= 15 is 0 Å². The molecule has 2 atom stereocenters. The average molecular weight is 285 g/mol. The molecule has 0 radical (unpaired) electrons. The Bertz CT molecular complexity index is 225. The summed E-state index contributed by atoms with van der Waals surface area (Å²) in [5.74, 6) is 0. The summed E-state index contributed by atoms with van der Waals surface area (Å²) in [6.45, 7) is 8.61. The highest BCUT2D eigenvalue weighted by molar-refractivity contribution is 5.65. The number of hydrogen-bond acceptors (Lipinski definition) is 1. The summed E-state index contributed by atoms with van der Waals surface area (Å²) in [7, 11) is 0. The lowest BCUT2D eigenvalue weighted by atomic mass is 9.99. The van der Waals surface area contributed by atoms with Gasteiger partial charge in [-0.25, -0.2) is 4.79 Å². The first-order valence-electron chi connectivity index (χ1n) is 8.63. The minimum atomic E-state index is -0.725. The molecule has 3 heteroatoms. The Labute approximate surface area is 125 Å². The second-order valence-corrected chi connectivity index (χ2v) is 5.81. The largest absolute Gasteiger partial charge is 0.465 e. The molecule has 2 unspecified atom stereocenters. The van der Waals surface area contributed by atoms with E-state index in [1.165, 1.54) is 25.7 Å². The van der Waals surface area contributed by atoms with Crippen molar-refractivity contribution >= 4 is 6.09 Å². The van der Waals surface area contributed by atoms with Crippen LogP contribution in [0.2, 0.25) is 0 Å². The molecule has 0 heterocycles. The van der Waals surface area contributed by atoms with Gasteiger partial charge in [0.15, 0.2) is 0 Å². The highest BCUT2D eigenvalue weighted by atomic mass is 16.4. The predicted molar refractivity (Wildman–Crippen MR) is 86.3 cm³/mol. The van der Waals surface area contributed by atoms with Crippen LogP contribution in [0.25, 0.3) is 0 Å². The first kappa shape index (κ1) is 19.3. The minimum Gasteiger partial charge on any atom is -0.465 e. The van der Waals surface area contributed by atoms with Crippen molar-refractivity contribution in [1.82, 2.24) is 4.90 Å². The quantitative estimate of drug-likeness (QED) is 0.468. The van der Waals surface area contributed by atoms with Crippen LogP contribution >= 0.6 is 0 Å². The zero-order valence-electron chi connectivity index (χ0n) is 14.0. The third-order valence-corrected chi connectivity index (χ3v) is 4.23. The Balaban J connectivity index is 4.64. The van der Waals surface area contributed by atoms with E-state index in [1.807, 2.05) is 0 Å². The Hall–Kier alpha value is -0.730. The van der Waals surface area contributed by atoms with Gasteiger partial charge in [0.1, 0.15) is 0 Å². The van der Waals surface area contributed by atoms with Crippen molar-refractivity contribution in [2.75, 3.05) is 0 Å². The smallest absolute Gasteiger partial charge is 0.407 e. The molecule has 0 aliphatic carbocycles. The van der Waals surface area contributed by atoms with Gasteiger partial charge in [0.2, 0.25) is 0 Å². The van der Waals surface area contributed by atoms with Gasteiger partial charge in [-0.3, -0.25) is 0 Å². The molecule has 0 aromatic rings. The van der Waals surface area contributed by atoms with Crippen LogP contribution in [0, 0.1) is 0 Å². The van der Waals surface area contributed by atoms with Crippen molar-refractivity contribution in [3.63, 3.8) is 0 Å². The summed E-state index contributed by atoms with van der Waals surface area (Å²) < 4.78 is 0. The van der Waals surface area contributed by atoms with Gasteiger partial charge in [-0.05, 0) is 25.7 Å². The van der Waals surface area contributed by atoms with Crippen molar-refractivity contribution in [2.24, 2.45) is 0 Å². The number of carboxylic acid groups (broad SMARTS) is 1. The van der Waals surface area contributed by atoms with Crippen LogP contribution < -0.4 is 0 Å². The van der Waals surface area contributed by atoms with Crippen LogP contribution in [0.5, 0.6) is 0 Å². The molecule has 3 nitrogen and oxygen atoms in total. The molecular weight excluding hydrogens is 250 g/mol. The molecule has 1 amide bonds. The van der Waals surface area contributed by atoms with Crippen LogP contribution in [0.4, 0.5) is 4.79 Å². The fourth-order valence-electron chi connectivity index (χ4n) is 2.95. The van der Waals surface area contributed by atoms with E-state index in [-0.39, 0.29) is 12.1 Å². The predicted octanol–water partition coefficient (Wildman–Crippen LogP) is 5.68. The highest BCUT2D eigenvalue weighted by Crippen LogP contribution is 2.22. The molecule has 0 saturated carbocycles. The summed E-state index contributed by atoms with van der Waals surface area (Å²) in [5, 5.41) is 9.62. The van der Waals surface area contributed by atoms with Crippen molar-refractivity contribution in [3.8, 4) is 0 Å². The van der Waals surface area contributed by atoms with Gasteiger partial charge < -0.3 is 10.0 Å². The van der Waals surface area contributed by atoms with Gasteiger partial charge in [-0.15, -0.1) is 0 Å². The lowest BCUT2D eigenvalue weighted by molar-refractivity contribution is 0.0861. The molecule has 1 N–H and O–H groups in total. The summed E-state index contributed by atoms with van der Waals surface area (Å²) in [5.41, 5.74) is 0. The van der Waals surface area contributed by atoms with E-state index < -0.39 is 6.09 Å². The van der Waals surface area contributed by atoms with Gasteiger partial charge in [0.25, 0.3) is 0 Å². The molecule has 20 heavy (non-hydrogen) atoms. The van der Waals surface area contributed by atoms with Crippen LogP contribution in [0.3, 0.4) is 0 Å². The average Bonchev–Trinajstić information content (AvgIpc) is 2.44. The third kappa shape index (κ3) is 7.16. The maximum absolute atomic E-state index is 11.7. The zero-order chi connectivity index (χ0) is 15.4. The summed E-state index contributed by atoms with van der Waals surface area (Å²) in [4.78, 5) is 13.5. The molecule has 0 aliphatic heterocycles. The van der Waals surface area contributed by atoms with Crippen molar-refractivity contribution < 1.29 is 9.90 Å². The normalized spacial score (nSPS) is 14.0.